The number of anilines is 1. The van der Waals surface area contributed by atoms with E-state index in [0.717, 1.165) is 0 Å². The van der Waals surface area contributed by atoms with Crippen LogP contribution in [0.5, 0.6) is 11.5 Å². The minimum absolute atomic E-state index is 0.105. The van der Waals surface area contributed by atoms with E-state index >= 15 is 0 Å². The first-order chi connectivity index (χ1) is 11.7. The second-order valence-corrected chi connectivity index (χ2v) is 5.07. The van der Waals surface area contributed by atoms with Gasteiger partial charge in [0.05, 0.1) is 24.8 Å². The van der Waals surface area contributed by atoms with Crippen molar-refractivity contribution in [3.05, 3.63) is 54.1 Å². The largest absolute Gasteiger partial charge is 0.490 e. The van der Waals surface area contributed by atoms with Gasteiger partial charge in [0.2, 0.25) is 5.91 Å². The number of amides is 1. The molecule has 5 nitrogen and oxygen atoms in total. The summed E-state index contributed by atoms with van der Waals surface area (Å²) in [5, 5.41) is 11.6. The Kier molecular flexibility index (Phi) is 6.66. The third-order valence-electron chi connectivity index (χ3n) is 3.23. The van der Waals surface area contributed by atoms with Gasteiger partial charge in [-0.2, -0.15) is 5.26 Å². The molecule has 0 aliphatic carbocycles. The molecule has 5 heteroatoms. The number of nitrogens with zero attached hydrogens (tertiary/aromatic N) is 1. The smallest absolute Gasteiger partial charge is 0.224 e. The third kappa shape index (κ3) is 5.33. The minimum Gasteiger partial charge on any atom is -0.490 e. The Bertz CT molecular complexity index is 723. The highest BCUT2D eigenvalue weighted by Crippen LogP contribution is 2.26. The van der Waals surface area contributed by atoms with E-state index in [9.17, 15) is 4.79 Å². The average Bonchev–Trinajstić information content (AvgIpc) is 2.60. The molecule has 0 unspecified atom stereocenters. The Labute approximate surface area is 141 Å². The van der Waals surface area contributed by atoms with Crippen molar-refractivity contribution in [2.75, 3.05) is 18.5 Å². The van der Waals surface area contributed by atoms with E-state index in [0.29, 0.717) is 48.8 Å². The standard InChI is InChI=1S/C19H20N2O3/c1-2-23-17-9-3-4-10-18(17)24-12-6-11-19(22)21-16-8-5-7-15(13-16)14-20/h3-5,7-10,13H,2,6,11-12H2,1H3,(H,21,22). The molecule has 0 heterocycles. The van der Waals surface area contributed by atoms with E-state index < -0.39 is 0 Å². The summed E-state index contributed by atoms with van der Waals surface area (Å²) in [4.78, 5) is 11.9. The van der Waals surface area contributed by atoms with Gasteiger partial charge < -0.3 is 14.8 Å². The number of ether oxygens (including phenoxy) is 2. The van der Waals surface area contributed by atoms with Crippen LogP contribution in [0.15, 0.2) is 48.5 Å². The summed E-state index contributed by atoms with van der Waals surface area (Å²) < 4.78 is 11.2. The topological polar surface area (TPSA) is 71.3 Å². The van der Waals surface area contributed by atoms with Gasteiger partial charge in [0.15, 0.2) is 11.5 Å². The number of nitrogens with one attached hydrogen (secondary N) is 1. The van der Waals surface area contributed by atoms with Gasteiger partial charge >= 0.3 is 0 Å². The summed E-state index contributed by atoms with van der Waals surface area (Å²) >= 11 is 0. The molecule has 0 fully saturated rings. The zero-order valence-corrected chi connectivity index (χ0v) is 13.6. The summed E-state index contributed by atoms with van der Waals surface area (Å²) in [6.07, 6.45) is 0.928. The third-order valence-corrected chi connectivity index (χ3v) is 3.23. The lowest BCUT2D eigenvalue weighted by molar-refractivity contribution is -0.116. The molecule has 124 valence electrons. The number of carbonyl (C=O) groups is 1. The highest BCUT2D eigenvalue weighted by Gasteiger charge is 2.06. The number of para-hydroxylation sites is 2. The molecule has 2 rings (SSSR count). The Hall–Kier alpha value is -3.00. The monoisotopic (exact) mass is 324 g/mol. The summed E-state index contributed by atoms with van der Waals surface area (Å²) in [7, 11) is 0. The van der Waals surface area contributed by atoms with Crippen LogP contribution in [0, 0.1) is 11.3 Å². The van der Waals surface area contributed by atoms with Crippen molar-refractivity contribution in [3.8, 4) is 17.6 Å². The molecule has 1 amide bonds. The van der Waals surface area contributed by atoms with Crippen molar-refractivity contribution >= 4 is 11.6 Å². The van der Waals surface area contributed by atoms with Gasteiger partial charge in [-0.1, -0.05) is 18.2 Å². The van der Waals surface area contributed by atoms with E-state index in [1.165, 1.54) is 0 Å². The number of rotatable bonds is 8. The Balaban J connectivity index is 1.76. The molecule has 0 saturated carbocycles. The van der Waals surface area contributed by atoms with Gasteiger partial charge in [0, 0.05) is 12.1 Å². The van der Waals surface area contributed by atoms with Crippen LogP contribution in [-0.2, 0) is 4.79 Å². The highest BCUT2D eigenvalue weighted by atomic mass is 16.5. The van der Waals surface area contributed by atoms with Crippen molar-refractivity contribution < 1.29 is 14.3 Å². The van der Waals surface area contributed by atoms with Gasteiger partial charge in [-0.05, 0) is 43.7 Å². The van der Waals surface area contributed by atoms with Gasteiger partial charge in [-0.25, -0.2) is 0 Å². The van der Waals surface area contributed by atoms with Crippen molar-refractivity contribution in [2.24, 2.45) is 0 Å². The maximum absolute atomic E-state index is 11.9. The first-order valence-electron chi connectivity index (χ1n) is 7.87. The molecule has 0 aliphatic rings. The number of nitriles is 1. The molecular weight excluding hydrogens is 304 g/mol. The van der Waals surface area contributed by atoms with Crippen LogP contribution in [-0.4, -0.2) is 19.1 Å². The van der Waals surface area contributed by atoms with E-state index in [4.69, 9.17) is 14.7 Å². The maximum Gasteiger partial charge on any atom is 0.224 e. The molecule has 1 N–H and O–H groups in total. The fourth-order valence-corrected chi connectivity index (χ4v) is 2.15. The lowest BCUT2D eigenvalue weighted by Gasteiger charge is -2.11. The van der Waals surface area contributed by atoms with E-state index in [1.54, 1.807) is 24.3 Å². The zero-order chi connectivity index (χ0) is 17.2. The molecule has 2 aromatic rings. The number of hydrogen-bond acceptors (Lipinski definition) is 4. The molecular formula is C19H20N2O3. The van der Waals surface area contributed by atoms with Crippen molar-refractivity contribution in [1.29, 1.82) is 5.26 Å². The predicted octanol–water partition coefficient (Wildman–Crippen LogP) is 3.75. The Morgan fingerprint density at radius 3 is 2.58 bits per heavy atom. The number of benzene rings is 2. The second kappa shape index (κ2) is 9.21. The average molecular weight is 324 g/mol. The maximum atomic E-state index is 11.9. The molecule has 0 bridgehead atoms. The van der Waals surface area contributed by atoms with Crippen molar-refractivity contribution in [1.82, 2.24) is 0 Å². The van der Waals surface area contributed by atoms with Gasteiger partial charge in [0.1, 0.15) is 0 Å². The highest BCUT2D eigenvalue weighted by molar-refractivity contribution is 5.90. The fraction of sp³-hybridized carbons (Fsp3) is 0.263. The molecule has 0 aromatic heterocycles. The Morgan fingerprint density at radius 2 is 1.88 bits per heavy atom. The molecule has 0 radical (unpaired) electrons. The lowest BCUT2D eigenvalue weighted by atomic mass is 10.2. The van der Waals surface area contributed by atoms with Crippen molar-refractivity contribution in [2.45, 2.75) is 19.8 Å². The molecule has 0 spiro atoms. The quantitative estimate of drug-likeness (QED) is 0.751. The first kappa shape index (κ1) is 17.4. The predicted molar refractivity (Wildman–Crippen MR) is 92.1 cm³/mol. The van der Waals surface area contributed by atoms with E-state index in [1.807, 2.05) is 37.3 Å². The summed E-state index contributed by atoms with van der Waals surface area (Å²) in [5.74, 6) is 1.28. The molecule has 0 saturated heterocycles. The Morgan fingerprint density at radius 1 is 1.12 bits per heavy atom. The van der Waals surface area contributed by atoms with Crippen LogP contribution in [0.1, 0.15) is 25.3 Å². The van der Waals surface area contributed by atoms with Crippen LogP contribution >= 0.6 is 0 Å². The van der Waals surface area contributed by atoms with E-state index in [2.05, 4.69) is 5.32 Å². The van der Waals surface area contributed by atoms with E-state index in [-0.39, 0.29) is 5.91 Å². The first-order valence-corrected chi connectivity index (χ1v) is 7.87. The van der Waals surface area contributed by atoms with Gasteiger partial charge in [0.25, 0.3) is 0 Å². The minimum atomic E-state index is -0.105. The van der Waals surface area contributed by atoms with Gasteiger partial charge in [-0.3, -0.25) is 4.79 Å². The van der Waals surface area contributed by atoms with Crippen LogP contribution in [0.25, 0.3) is 0 Å². The zero-order valence-electron chi connectivity index (χ0n) is 13.6. The summed E-state index contributed by atoms with van der Waals surface area (Å²) in [6, 6.07) is 16.4. The summed E-state index contributed by atoms with van der Waals surface area (Å²) in [5.41, 5.74) is 1.14. The second-order valence-electron chi connectivity index (χ2n) is 5.07. The SMILES string of the molecule is CCOc1ccccc1OCCCC(=O)Nc1cccc(C#N)c1. The van der Waals surface area contributed by atoms with Crippen LogP contribution in [0.4, 0.5) is 5.69 Å². The summed E-state index contributed by atoms with van der Waals surface area (Å²) in [6.45, 7) is 2.92. The van der Waals surface area contributed by atoms with Gasteiger partial charge in [-0.15, -0.1) is 0 Å². The van der Waals surface area contributed by atoms with Crippen molar-refractivity contribution in [3.63, 3.8) is 0 Å². The lowest BCUT2D eigenvalue weighted by Crippen LogP contribution is -2.13. The van der Waals surface area contributed by atoms with Crippen LogP contribution in [0.2, 0.25) is 0 Å². The number of carbonyl (C=O) groups excluding carboxylic acids is 1. The van der Waals surface area contributed by atoms with Crippen LogP contribution < -0.4 is 14.8 Å². The normalized spacial score (nSPS) is 9.83. The molecule has 0 aliphatic heterocycles. The molecule has 2 aromatic carbocycles. The fourth-order valence-electron chi connectivity index (χ4n) is 2.15. The molecule has 24 heavy (non-hydrogen) atoms. The molecule has 0 atom stereocenters. The van der Waals surface area contributed by atoms with Crippen LogP contribution in [0.3, 0.4) is 0 Å². The number of hydrogen-bond donors (Lipinski definition) is 1.